The minimum atomic E-state index is 0.709. The molecule has 2 rings (SSSR count). The van der Waals surface area contributed by atoms with Crippen LogP contribution >= 0.6 is 0 Å². The van der Waals surface area contributed by atoms with Crippen LogP contribution in [0, 0.1) is 11.3 Å². The highest BCUT2D eigenvalue weighted by Gasteiger charge is 2.04. The van der Waals surface area contributed by atoms with Gasteiger partial charge in [-0.15, -0.1) is 0 Å². The number of rotatable bonds is 0. The molecule has 1 aliphatic heterocycles. The van der Waals surface area contributed by atoms with Crippen molar-refractivity contribution in [1.29, 1.82) is 5.26 Å². The normalized spacial score (nSPS) is 12.9. The summed E-state index contributed by atoms with van der Waals surface area (Å²) >= 11 is 0. The van der Waals surface area contributed by atoms with Crippen molar-refractivity contribution >= 4 is 6.08 Å². The molecule has 1 aromatic rings. The molecule has 2 nitrogen and oxygen atoms in total. The Morgan fingerprint density at radius 3 is 3.17 bits per heavy atom. The van der Waals surface area contributed by atoms with Gasteiger partial charge in [-0.25, -0.2) is 0 Å². The van der Waals surface area contributed by atoms with Crippen molar-refractivity contribution in [2.75, 3.05) is 0 Å². The zero-order valence-corrected chi connectivity index (χ0v) is 6.49. The Morgan fingerprint density at radius 1 is 1.42 bits per heavy atom. The molecule has 0 amide bonds. The van der Waals surface area contributed by atoms with Gasteiger partial charge in [0.15, 0.2) is 0 Å². The van der Waals surface area contributed by atoms with Crippen LogP contribution in [0.1, 0.15) is 16.7 Å². The summed E-state index contributed by atoms with van der Waals surface area (Å²) in [5, 5.41) is 12.8. The Balaban J connectivity index is 2.53. The molecular weight excluding hydrogens is 148 g/mol. The van der Waals surface area contributed by atoms with Gasteiger partial charge < -0.3 is 0 Å². The van der Waals surface area contributed by atoms with Crippen molar-refractivity contribution < 1.29 is 0 Å². The molecule has 0 aliphatic carbocycles. The van der Waals surface area contributed by atoms with Gasteiger partial charge in [-0.05, 0) is 29.3 Å². The Bertz CT molecular complexity index is 372. The lowest BCUT2D eigenvalue weighted by Crippen LogP contribution is -2.03. The molecule has 1 radical (unpaired) electrons. The summed E-state index contributed by atoms with van der Waals surface area (Å²) in [5.74, 6) is 0. The third-order valence-corrected chi connectivity index (χ3v) is 1.90. The van der Waals surface area contributed by atoms with Gasteiger partial charge in [-0.3, -0.25) is 5.32 Å². The van der Waals surface area contributed by atoms with Crippen LogP contribution in [0.15, 0.2) is 24.4 Å². The molecule has 12 heavy (non-hydrogen) atoms. The third-order valence-electron chi connectivity index (χ3n) is 1.90. The first-order chi connectivity index (χ1) is 5.90. The van der Waals surface area contributed by atoms with Crippen LogP contribution in [0.3, 0.4) is 0 Å². The largest absolute Gasteiger partial charge is 0.288 e. The van der Waals surface area contributed by atoms with Gasteiger partial charge in [0.25, 0.3) is 0 Å². The fraction of sp³-hybridized carbons (Fsp3) is 0.100. The summed E-state index contributed by atoms with van der Waals surface area (Å²) < 4.78 is 0. The van der Waals surface area contributed by atoms with E-state index in [2.05, 4.69) is 11.4 Å². The van der Waals surface area contributed by atoms with Gasteiger partial charge in [0.1, 0.15) is 0 Å². The number of hydrogen-bond acceptors (Lipinski definition) is 1. The first-order valence-electron chi connectivity index (χ1n) is 3.76. The van der Waals surface area contributed by atoms with Gasteiger partial charge in [0.2, 0.25) is 0 Å². The summed E-state index contributed by atoms with van der Waals surface area (Å²) in [4.78, 5) is 0. The van der Waals surface area contributed by atoms with E-state index in [1.807, 2.05) is 24.3 Å². The first kappa shape index (κ1) is 6.93. The van der Waals surface area contributed by atoms with E-state index in [-0.39, 0.29) is 0 Å². The molecule has 0 atom stereocenters. The van der Waals surface area contributed by atoms with Gasteiger partial charge in [-0.1, -0.05) is 6.07 Å². The second-order valence-corrected chi connectivity index (χ2v) is 2.68. The van der Waals surface area contributed by atoms with Crippen LogP contribution in [0.4, 0.5) is 0 Å². The monoisotopic (exact) mass is 155 g/mol. The Morgan fingerprint density at radius 2 is 2.33 bits per heavy atom. The maximum absolute atomic E-state index is 8.64. The van der Waals surface area contributed by atoms with Gasteiger partial charge in [0, 0.05) is 6.20 Å². The minimum Gasteiger partial charge on any atom is -0.288 e. The van der Waals surface area contributed by atoms with E-state index in [4.69, 9.17) is 5.26 Å². The lowest BCUT2D eigenvalue weighted by molar-refractivity contribution is 0.841. The van der Waals surface area contributed by atoms with E-state index in [1.165, 1.54) is 5.56 Å². The van der Waals surface area contributed by atoms with Gasteiger partial charge in [0.05, 0.1) is 18.2 Å². The number of fused-ring (bicyclic) bond motifs is 1. The van der Waals surface area contributed by atoms with Crippen LogP contribution in [0.25, 0.3) is 6.08 Å². The van der Waals surface area contributed by atoms with Crippen molar-refractivity contribution in [3.05, 3.63) is 41.1 Å². The highest BCUT2D eigenvalue weighted by molar-refractivity contribution is 5.58. The zero-order valence-electron chi connectivity index (χ0n) is 6.49. The molecule has 0 aromatic heterocycles. The third kappa shape index (κ3) is 1.06. The average molecular weight is 155 g/mol. The Hall–Kier alpha value is -1.75. The van der Waals surface area contributed by atoms with Crippen LogP contribution in [0.2, 0.25) is 0 Å². The quantitative estimate of drug-likeness (QED) is 0.561. The molecule has 1 heterocycles. The van der Waals surface area contributed by atoms with E-state index < -0.39 is 0 Å². The molecular formula is C10H7N2. The SMILES string of the molecule is N#Cc1ccc2c(c1)C=C[N]C2. The van der Waals surface area contributed by atoms with E-state index in [9.17, 15) is 0 Å². The molecule has 57 valence electrons. The molecule has 0 saturated heterocycles. The molecule has 0 N–H and O–H groups in total. The van der Waals surface area contributed by atoms with Crippen LogP contribution in [-0.2, 0) is 6.54 Å². The predicted molar refractivity (Wildman–Crippen MR) is 46.0 cm³/mol. The summed E-state index contributed by atoms with van der Waals surface area (Å²) in [6.07, 6.45) is 3.71. The van der Waals surface area contributed by atoms with Crippen LogP contribution in [0.5, 0.6) is 0 Å². The number of hydrogen-bond donors (Lipinski definition) is 0. The Labute approximate surface area is 71.1 Å². The summed E-state index contributed by atoms with van der Waals surface area (Å²) in [6, 6.07) is 7.79. The lowest BCUT2D eigenvalue weighted by Gasteiger charge is -2.09. The fourth-order valence-electron chi connectivity index (χ4n) is 1.25. The van der Waals surface area contributed by atoms with Gasteiger partial charge >= 0.3 is 0 Å². The minimum absolute atomic E-state index is 0.709. The van der Waals surface area contributed by atoms with E-state index >= 15 is 0 Å². The smallest absolute Gasteiger partial charge is 0.0991 e. The summed E-state index contributed by atoms with van der Waals surface area (Å²) in [6.45, 7) is 0.734. The second kappa shape index (κ2) is 2.71. The van der Waals surface area contributed by atoms with Crippen LogP contribution < -0.4 is 5.32 Å². The molecule has 2 heteroatoms. The summed E-state index contributed by atoms with van der Waals surface area (Å²) in [7, 11) is 0. The van der Waals surface area contributed by atoms with Crippen molar-refractivity contribution in [2.24, 2.45) is 0 Å². The number of benzene rings is 1. The van der Waals surface area contributed by atoms with E-state index in [0.29, 0.717) is 5.56 Å². The number of nitriles is 1. The standard InChI is InChI=1S/C10H7N2/c11-6-8-1-2-10-7-12-4-3-9(10)5-8/h1-5H,7H2. The highest BCUT2D eigenvalue weighted by atomic mass is 14.8. The molecule has 0 fully saturated rings. The molecule has 1 aliphatic rings. The Kier molecular flexibility index (Phi) is 1.56. The fourth-order valence-corrected chi connectivity index (χ4v) is 1.25. The maximum atomic E-state index is 8.64. The highest BCUT2D eigenvalue weighted by Crippen LogP contribution is 2.16. The predicted octanol–water partition coefficient (Wildman–Crippen LogP) is 1.65. The van der Waals surface area contributed by atoms with Crippen molar-refractivity contribution in [3.8, 4) is 6.07 Å². The van der Waals surface area contributed by atoms with Crippen molar-refractivity contribution in [1.82, 2.24) is 5.32 Å². The second-order valence-electron chi connectivity index (χ2n) is 2.68. The maximum Gasteiger partial charge on any atom is 0.0991 e. The first-order valence-corrected chi connectivity index (χ1v) is 3.76. The van der Waals surface area contributed by atoms with Crippen LogP contribution in [-0.4, -0.2) is 0 Å². The van der Waals surface area contributed by atoms with Crippen molar-refractivity contribution in [3.63, 3.8) is 0 Å². The molecule has 1 aromatic carbocycles. The zero-order chi connectivity index (χ0) is 8.39. The topological polar surface area (TPSA) is 37.9 Å². The molecule has 0 unspecified atom stereocenters. The number of nitrogens with zero attached hydrogens (tertiary/aromatic N) is 2. The lowest BCUT2D eigenvalue weighted by atomic mass is 10.0. The van der Waals surface area contributed by atoms with E-state index in [0.717, 1.165) is 12.1 Å². The van der Waals surface area contributed by atoms with Crippen molar-refractivity contribution in [2.45, 2.75) is 6.54 Å². The summed E-state index contributed by atoms with van der Waals surface area (Å²) in [5.41, 5.74) is 3.01. The molecule has 0 spiro atoms. The van der Waals surface area contributed by atoms with Gasteiger partial charge in [-0.2, -0.15) is 5.26 Å². The average Bonchev–Trinajstić information content (AvgIpc) is 2.17. The van der Waals surface area contributed by atoms with E-state index in [1.54, 1.807) is 6.20 Å². The molecule has 0 bridgehead atoms. The molecule has 0 saturated carbocycles.